The SMILES string of the molecule is CC(N)=O.CCCCCCOC(=O)N[C@@H](C)C(=O)NCCc1ccccc1. The number of alkyl carbamates (subject to hydrolysis) is 1. The summed E-state index contributed by atoms with van der Waals surface area (Å²) in [7, 11) is 0. The number of nitrogens with one attached hydrogen (secondary N) is 2. The number of rotatable bonds is 10. The van der Waals surface area contributed by atoms with Gasteiger partial charge in [0, 0.05) is 13.5 Å². The third-order valence-corrected chi connectivity index (χ3v) is 3.51. The molecule has 0 aliphatic heterocycles. The van der Waals surface area contributed by atoms with Crippen molar-refractivity contribution in [3.05, 3.63) is 35.9 Å². The number of hydrogen-bond acceptors (Lipinski definition) is 4. The Morgan fingerprint density at radius 3 is 2.33 bits per heavy atom. The lowest BCUT2D eigenvalue weighted by Crippen LogP contribution is -2.45. The van der Waals surface area contributed by atoms with Crippen LogP contribution in [0.2, 0.25) is 0 Å². The predicted molar refractivity (Wildman–Crippen MR) is 106 cm³/mol. The standard InChI is InChI=1S/C18H28N2O3.C2H5NO/c1-3-4-5-9-14-23-18(22)20-15(2)17(21)19-13-12-16-10-7-6-8-11-16;1-2(3)4/h6-8,10-11,15H,3-5,9,12-14H2,1-2H3,(H,19,21)(H,20,22);1H3,(H2,3,4)/t15-;/m0./s1. The average molecular weight is 380 g/mol. The quantitative estimate of drug-likeness (QED) is 0.543. The van der Waals surface area contributed by atoms with Gasteiger partial charge < -0.3 is 21.1 Å². The van der Waals surface area contributed by atoms with Crippen molar-refractivity contribution in [2.24, 2.45) is 5.73 Å². The first kappa shape index (κ1) is 24.4. The average Bonchev–Trinajstić information content (AvgIpc) is 2.61. The molecule has 0 aromatic heterocycles. The Bertz CT molecular complexity index is 545. The van der Waals surface area contributed by atoms with Crippen LogP contribution in [0.3, 0.4) is 0 Å². The third-order valence-electron chi connectivity index (χ3n) is 3.51. The number of benzene rings is 1. The van der Waals surface area contributed by atoms with Crippen LogP contribution in [0, 0.1) is 0 Å². The molecule has 0 spiro atoms. The van der Waals surface area contributed by atoms with Crippen LogP contribution >= 0.6 is 0 Å². The molecule has 152 valence electrons. The van der Waals surface area contributed by atoms with Crippen LogP contribution in [0.1, 0.15) is 52.0 Å². The van der Waals surface area contributed by atoms with E-state index < -0.39 is 12.1 Å². The number of carbonyl (C=O) groups is 3. The fourth-order valence-electron chi connectivity index (χ4n) is 2.11. The molecule has 1 rings (SSSR count). The van der Waals surface area contributed by atoms with Gasteiger partial charge >= 0.3 is 6.09 Å². The van der Waals surface area contributed by atoms with Crippen molar-refractivity contribution in [2.75, 3.05) is 13.2 Å². The van der Waals surface area contributed by atoms with Crippen molar-refractivity contribution in [3.8, 4) is 0 Å². The lowest BCUT2D eigenvalue weighted by atomic mass is 10.1. The summed E-state index contributed by atoms with van der Waals surface area (Å²) in [6.07, 6.45) is 4.43. The Kier molecular flexibility index (Phi) is 14.2. The minimum absolute atomic E-state index is 0.205. The van der Waals surface area contributed by atoms with E-state index in [-0.39, 0.29) is 11.8 Å². The Balaban J connectivity index is 0.00000153. The van der Waals surface area contributed by atoms with E-state index in [2.05, 4.69) is 23.3 Å². The highest BCUT2D eigenvalue weighted by molar-refractivity contribution is 5.85. The summed E-state index contributed by atoms with van der Waals surface area (Å²) in [6.45, 7) is 6.02. The van der Waals surface area contributed by atoms with Crippen LogP contribution in [0.25, 0.3) is 0 Å². The molecule has 0 bridgehead atoms. The zero-order valence-corrected chi connectivity index (χ0v) is 16.6. The Morgan fingerprint density at radius 1 is 1.11 bits per heavy atom. The first-order valence-corrected chi connectivity index (χ1v) is 9.37. The summed E-state index contributed by atoms with van der Waals surface area (Å²) in [6, 6.07) is 9.33. The van der Waals surface area contributed by atoms with Gasteiger partial charge in [-0.1, -0.05) is 56.5 Å². The van der Waals surface area contributed by atoms with Gasteiger partial charge in [-0.2, -0.15) is 0 Å². The maximum atomic E-state index is 11.9. The molecule has 0 aliphatic carbocycles. The highest BCUT2D eigenvalue weighted by atomic mass is 16.5. The highest BCUT2D eigenvalue weighted by Crippen LogP contribution is 2.00. The summed E-state index contributed by atoms with van der Waals surface area (Å²) in [5.74, 6) is -0.538. The Morgan fingerprint density at radius 2 is 1.74 bits per heavy atom. The van der Waals surface area contributed by atoms with Crippen molar-refractivity contribution < 1.29 is 19.1 Å². The smallest absolute Gasteiger partial charge is 0.407 e. The summed E-state index contributed by atoms with van der Waals surface area (Å²) in [4.78, 5) is 32.7. The molecule has 0 aliphatic rings. The van der Waals surface area contributed by atoms with E-state index in [0.717, 1.165) is 32.1 Å². The van der Waals surface area contributed by atoms with Crippen molar-refractivity contribution >= 4 is 17.9 Å². The zero-order chi connectivity index (χ0) is 20.5. The van der Waals surface area contributed by atoms with Gasteiger partial charge in [-0.3, -0.25) is 9.59 Å². The number of carbonyl (C=O) groups excluding carboxylic acids is 3. The van der Waals surface area contributed by atoms with Crippen LogP contribution in [0.15, 0.2) is 30.3 Å². The van der Waals surface area contributed by atoms with E-state index in [4.69, 9.17) is 4.74 Å². The molecule has 7 nitrogen and oxygen atoms in total. The zero-order valence-electron chi connectivity index (χ0n) is 16.6. The van der Waals surface area contributed by atoms with E-state index in [1.165, 1.54) is 12.5 Å². The second kappa shape index (κ2) is 15.7. The molecule has 1 aromatic carbocycles. The maximum absolute atomic E-state index is 11.9. The molecule has 0 saturated heterocycles. The van der Waals surface area contributed by atoms with Crippen LogP contribution < -0.4 is 16.4 Å². The molecule has 27 heavy (non-hydrogen) atoms. The number of hydrogen-bond donors (Lipinski definition) is 3. The molecule has 3 amide bonds. The Hall–Kier alpha value is -2.57. The van der Waals surface area contributed by atoms with Crippen molar-refractivity contribution in [1.29, 1.82) is 0 Å². The molecule has 0 saturated carbocycles. The lowest BCUT2D eigenvalue weighted by Gasteiger charge is -2.14. The molecule has 1 atom stereocenters. The van der Waals surface area contributed by atoms with E-state index >= 15 is 0 Å². The van der Waals surface area contributed by atoms with Crippen molar-refractivity contribution in [3.63, 3.8) is 0 Å². The molecule has 0 heterocycles. The van der Waals surface area contributed by atoms with Crippen LogP contribution in [0.4, 0.5) is 4.79 Å². The highest BCUT2D eigenvalue weighted by Gasteiger charge is 2.15. The molecular formula is C20H33N3O4. The summed E-state index contributed by atoms with van der Waals surface area (Å²) in [5, 5.41) is 5.36. The minimum atomic E-state index is -0.603. The summed E-state index contributed by atoms with van der Waals surface area (Å²) < 4.78 is 5.05. The van der Waals surface area contributed by atoms with Gasteiger partial charge in [0.25, 0.3) is 0 Å². The van der Waals surface area contributed by atoms with E-state index in [1.807, 2.05) is 30.3 Å². The number of amides is 3. The number of ether oxygens (including phenoxy) is 1. The topological polar surface area (TPSA) is 111 Å². The molecule has 0 fully saturated rings. The van der Waals surface area contributed by atoms with Crippen LogP contribution in [-0.4, -0.2) is 37.1 Å². The van der Waals surface area contributed by atoms with E-state index in [9.17, 15) is 14.4 Å². The first-order chi connectivity index (χ1) is 12.9. The number of unbranched alkanes of at least 4 members (excludes halogenated alkanes) is 3. The molecule has 7 heteroatoms. The van der Waals surface area contributed by atoms with Gasteiger partial charge in [-0.05, 0) is 25.3 Å². The van der Waals surface area contributed by atoms with Gasteiger partial charge in [0.1, 0.15) is 6.04 Å². The second-order valence-corrected chi connectivity index (χ2v) is 6.20. The Labute approximate surface area is 162 Å². The summed E-state index contributed by atoms with van der Waals surface area (Å²) >= 11 is 0. The monoisotopic (exact) mass is 379 g/mol. The van der Waals surface area contributed by atoms with Crippen molar-refractivity contribution in [2.45, 2.75) is 58.9 Å². The van der Waals surface area contributed by atoms with Gasteiger partial charge in [-0.25, -0.2) is 4.79 Å². The number of primary amides is 1. The van der Waals surface area contributed by atoms with Gasteiger partial charge in [-0.15, -0.1) is 0 Å². The lowest BCUT2D eigenvalue weighted by molar-refractivity contribution is -0.122. The molecular weight excluding hydrogens is 346 g/mol. The second-order valence-electron chi connectivity index (χ2n) is 6.20. The van der Waals surface area contributed by atoms with Crippen LogP contribution in [0.5, 0.6) is 0 Å². The molecule has 0 radical (unpaired) electrons. The summed E-state index contributed by atoms with van der Waals surface area (Å²) in [5.41, 5.74) is 5.64. The number of nitrogens with two attached hydrogens (primary N) is 1. The fraction of sp³-hybridized carbons (Fsp3) is 0.550. The normalized spacial score (nSPS) is 10.8. The molecule has 0 unspecified atom stereocenters. The van der Waals surface area contributed by atoms with Gasteiger partial charge in [0.15, 0.2) is 0 Å². The first-order valence-electron chi connectivity index (χ1n) is 9.37. The molecule has 4 N–H and O–H groups in total. The van der Waals surface area contributed by atoms with E-state index in [0.29, 0.717) is 13.2 Å². The minimum Gasteiger partial charge on any atom is -0.450 e. The largest absolute Gasteiger partial charge is 0.450 e. The molecule has 1 aromatic rings. The predicted octanol–water partition coefficient (Wildman–Crippen LogP) is 2.53. The maximum Gasteiger partial charge on any atom is 0.407 e. The van der Waals surface area contributed by atoms with Crippen molar-refractivity contribution in [1.82, 2.24) is 10.6 Å². The fourth-order valence-corrected chi connectivity index (χ4v) is 2.11. The van der Waals surface area contributed by atoms with Gasteiger partial charge in [0.05, 0.1) is 6.61 Å². The van der Waals surface area contributed by atoms with Gasteiger partial charge in [0.2, 0.25) is 11.8 Å². The van der Waals surface area contributed by atoms with Crippen LogP contribution in [-0.2, 0) is 20.7 Å². The third kappa shape index (κ3) is 15.4. The van der Waals surface area contributed by atoms with E-state index in [1.54, 1.807) is 6.92 Å².